The third-order valence-corrected chi connectivity index (χ3v) is 4.81. The Bertz CT molecular complexity index is 803. The van der Waals surface area contributed by atoms with Gasteiger partial charge in [0.25, 0.3) is 5.91 Å². The Kier molecular flexibility index (Phi) is 4.63. The molecule has 0 aliphatic heterocycles. The number of nitrogens with zero attached hydrogens (tertiary/aromatic N) is 1. The second kappa shape index (κ2) is 6.84. The molecular weight excluding hydrogens is 342 g/mol. The lowest BCUT2D eigenvalue weighted by Gasteiger charge is -2.07. The molecule has 0 bridgehead atoms. The number of halogens is 2. The molecule has 1 aromatic carbocycles. The Morgan fingerprint density at radius 3 is 2.87 bits per heavy atom. The fourth-order valence-corrected chi connectivity index (χ4v) is 3.45. The van der Waals surface area contributed by atoms with E-state index in [1.807, 2.05) is 17.5 Å². The van der Waals surface area contributed by atoms with E-state index in [0.717, 1.165) is 9.88 Å². The Labute approximate surface area is 138 Å². The van der Waals surface area contributed by atoms with Crippen molar-refractivity contribution in [2.24, 2.45) is 0 Å². The predicted octanol–water partition coefficient (Wildman–Crippen LogP) is 4.73. The summed E-state index contributed by atoms with van der Waals surface area (Å²) in [7, 11) is 0. The summed E-state index contributed by atoms with van der Waals surface area (Å²) in [6, 6.07) is 9.69. The number of thiazole rings is 1. The highest BCUT2D eigenvalue weighted by Gasteiger charge is 2.13. The molecule has 0 spiro atoms. The third-order valence-electron chi connectivity index (χ3n) is 2.78. The molecule has 0 unspecified atom stereocenters. The second-order valence-electron chi connectivity index (χ2n) is 4.37. The number of thiophene rings is 1. The molecule has 0 fully saturated rings. The van der Waals surface area contributed by atoms with Gasteiger partial charge in [-0.1, -0.05) is 12.1 Å². The maximum atomic E-state index is 12.2. The highest BCUT2D eigenvalue weighted by molar-refractivity contribution is 7.22. The molecule has 0 atom stereocenters. The molecule has 8 heteroatoms. The Hall–Kier alpha value is -2.32. The molecule has 3 aromatic rings. The van der Waals surface area contributed by atoms with E-state index in [2.05, 4.69) is 15.0 Å². The summed E-state index contributed by atoms with van der Waals surface area (Å²) in [5, 5.41) is 5.34. The maximum Gasteiger partial charge on any atom is 0.387 e. The van der Waals surface area contributed by atoms with Gasteiger partial charge in [0.15, 0.2) is 0 Å². The highest BCUT2D eigenvalue weighted by atomic mass is 32.1. The van der Waals surface area contributed by atoms with Crippen molar-refractivity contribution in [3.63, 3.8) is 0 Å². The first-order valence-corrected chi connectivity index (χ1v) is 8.17. The quantitative estimate of drug-likeness (QED) is 0.722. The fourth-order valence-electron chi connectivity index (χ4n) is 1.84. The van der Waals surface area contributed by atoms with Gasteiger partial charge in [-0.3, -0.25) is 4.79 Å². The van der Waals surface area contributed by atoms with Gasteiger partial charge in [-0.05, 0) is 23.6 Å². The zero-order valence-electron chi connectivity index (χ0n) is 11.5. The number of rotatable bonds is 5. The van der Waals surface area contributed by atoms with Crippen LogP contribution in [0, 0.1) is 0 Å². The van der Waals surface area contributed by atoms with Crippen molar-refractivity contribution in [3.8, 4) is 15.6 Å². The monoisotopic (exact) mass is 352 g/mol. The Balaban J connectivity index is 1.72. The standard InChI is InChI=1S/C15H10F2N2O2S2/c16-15(17)21-10-4-1-3-9(7-10)19-13(20)12-8-18-14(23-12)11-5-2-6-22-11/h1-8,15H,(H,19,20). The molecular formula is C15H10F2N2O2S2. The molecule has 2 heterocycles. The number of hydrogen-bond donors (Lipinski definition) is 1. The number of carbonyl (C=O) groups excluding carboxylic acids is 1. The van der Waals surface area contributed by atoms with Crippen molar-refractivity contribution in [2.45, 2.75) is 6.61 Å². The molecule has 0 aliphatic carbocycles. The first-order valence-electron chi connectivity index (χ1n) is 6.48. The number of ether oxygens (including phenoxy) is 1. The maximum absolute atomic E-state index is 12.2. The fraction of sp³-hybridized carbons (Fsp3) is 0.0667. The zero-order chi connectivity index (χ0) is 16.2. The molecule has 0 saturated heterocycles. The van der Waals surface area contributed by atoms with Crippen LogP contribution in [-0.2, 0) is 0 Å². The van der Waals surface area contributed by atoms with Gasteiger partial charge in [0.2, 0.25) is 0 Å². The van der Waals surface area contributed by atoms with Crippen molar-refractivity contribution in [2.75, 3.05) is 5.32 Å². The van der Waals surface area contributed by atoms with Gasteiger partial charge in [-0.15, -0.1) is 22.7 Å². The third kappa shape index (κ3) is 3.91. The average molecular weight is 352 g/mol. The Morgan fingerprint density at radius 1 is 1.26 bits per heavy atom. The van der Waals surface area contributed by atoms with E-state index in [1.54, 1.807) is 17.4 Å². The minimum absolute atomic E-state index is 0.0126. The molecule has 1 N–H and O–H groups in total. The van der Waals surface area contributed by atoms with Crippen molar-refractivity contribution in [3.05, 3.63) is 52.9 Å². The van der Waals surface area contributed by atoms with Crippen LogP contribution in [0.3, 0.4) is 0 Å². The number of nitrogens with one attached hydrogen (secondary N) is 1. The van der Waals surface area contributed by atoms with Crippen LogP contribution in [0.15, 0.2) is 48.0 Å². The lowest BCUT2D eigenvalue weighted by atomic mass is 10.3. The van der Waals surface area contributed by atoms with E-state index in [0.29, 0.717) is 10.6 Å². The molecule has 0 saturated carbocycles. The molecule has 0 radical (unpaired) electrons. The van der Waals surface area contributed by atoms with Gasteiger partial charge in [0.05, 0.1) is 11.1 Å². The largest absolute Gasteiger partial charge is 0.435 e. The van der Waals surface area contributed by atoms with Gasteiger partial charge in [-0.2, -0.15) is 8.78 Å². The van der Waals surface area contributed by atoms with E-state index in [-0.39, 0.29) is 11.7 Å². The summed E-state index contributed by atoms with van der Waals surface area (Å²) in [5.41, 5.74) is 0.374. The first-order chi connectivity index (χ1) is 11.1. The first kappa shape index (κ1) is 15.6. The molecule has 4 nitrogen and oxygen atoms in total. The van der Waals surface area contributed by atoms with Crippen LogP contribution in [0.1, 0.15) is 9.67 Å². The molecule has 118 valence electrons. The number of aromatic nitrogens is 1. The minimum atomic E-state index is -2.91. The number of anilines is 1. The van der Waals surface area contributed by atoms with Crippen molar-refractivity contribution < 1.29 is 18.3 Å². The van der Waals surface area contributed by atoms with Gasteiger partial charge < -0.3 is 10.1 Å². The van der Waals surface area contributed by atoms with E-state index in [1.165, 1.54) is 35.7 Å². The zero-order valence-corrected chi connectivity index (χ0v) is 13.2. The van der Waals surface area contributed by atoms with Gasteiger partial charge in [0, 0.05) is 11.8 Å². The van der Waals surface area contributed by atoms with E-state index >= 15 is 0 Å². The number of amides is 1. The summed E-state index contributed by atoms with van der Waals surface area (Å²) in [6.45, 7) is -2.91. The smallest absolute Gasteiger partial charge is 0.387 e. The van der Waals surface area contributed by atoms with Crippen molar-refractivity contribution >= 4 is 34.3 Å². The predicted molar refractivity (Wildman–Crippen MR) is 86.5 cm³/mol. The van der Waals surface area contributed by atoms with E-state index < -0.39 is 6.61 Å². The van der Waals surface area contributed by atoms with E-state index in [4.69, 9.17) is 0 Å². The van der Waals surface area contributed by atoms with Crippen LogP contribution >= 0.6 is 22.7 Å². The molecule has 2 aromatic heterocycles. The summed E-state index contributed by atoms with van der Waals surface area (Å²) in [5.74, 6) is -0.360. The Morgan fingerprint density at radius 2 is 2.13 bits per heavy atom. The normalized spacial score (nSPS) is 10.7. The summed E-state index contributed by atoms with van der Waals surface area (Å²) >= 11 is 2.81. The van der Waals surface area contributed by atoms with Gasteiger partial charge >= 0.3 is 6.61 Å². The molecule has 0 aliphatic rings. The minimum Gasteiger partial charge on any atom is -0.435 e. The molecule has 1 amide bonds. The van der Waals surface area contributed by atoms with E-state index in [9.17, 15) is 13.6 Å². The lowest BCUT2D eigenvalue weighted by molar-refractivity contribution is -0.0497. The summed E-state index contributed by atoms with van der Waals surface area (Å²) in [4.78, 5) is 17.9. The van der Waals surface area contributed by atoms with Crippen LogP contribution in [0.25, 0.3) is 9.88 Å². The van der Waals surface area contributed by atoms with Gasteiger partial charge in [-0.25, -0.2) is 4.98 Å². The van der Waals surface area contributed by atoms with Crippen LogP contribution < -0.4 is 10.1 Å². The average Bonchev–Trinajstić information content (AvgIpc) is 3.18. The van der Waals surface area contributed by atoms with Crippen LogP contribution in [0.4, 0.5) is 14.5 Å². The molecule has 23 heavy (non-hydrogen) atoms. The lowest BCUT2D eigenvalue weighted by Crippen LogP contribution is -2.10. The van der Waals surface area contributed by atoms with Crippen molar-refractivity contribution in [1.82, 2.24) is 4.98 Å². The van der Waals surface area contributed by atoms with Crippen LogP contribution in [-0.4, -0.2) is 17.5 Å². The second-order valence-corrected chi connectivity index (χ2v) is 6.35. The SMILES string of the molecule is O=C(Nc1cccc(OC(F)F)c1)c1cnc(-c2cccs2)s1. The highest BCUT2D eigenvalue weighted by Crippen LogP contribution is 2.29. The van der Waals surface area contributed by atoms with Gasteiger partial charge in [0.1, 0.15) is 15.6 Å². The number of hydrogen-bond acceptors (Lipinski definition) is 5. The van der Waals surface area contributed by atoms with Crippen LogP contribution in [0.5, 0.6) is 5.75 Å². The number of carbonyl (C=O) groups is 1. The number of benzene rings is 1. The summed E-state index contributed by atoms with van der Waals surface area (Å²) in [6.07, 6.45) is 1.49. The topological polar surface area (TPSA) is 51.2 Å². The van der Waals surface area contributed by atoms with Crippen LogP contribution in [0.2, 0.25) is 0 Å². The molecule has 3 rings (SSSR count). The van der Waals surface area contributed by atoms with Crippen molar-refractivity contribution in [1.29, 1.82) is 0 Å². The summed E-state index contributed by atoms with van der Waals surface area (Å²) < 4.78 is 28.7. The number of alkyl halides is 2.